The molecule has 3 N–H and O–H groups in total. The number of ether oxygens (including phenoxy) is 1. The van der Waals surface area contributed by atoms with Gasteiger partial charge in [-0.2, -0.15) is 0 Å². The standard InChI is InChI=1S/C22H20FN3O4S/c1-14(13-27)26-31(28,29)21-5-3-2-4-18(21)15-6-7-17(19(23)10-15)16-11-20-22(25-12-16)24-8-9-30-20/h2-7,10-12,26-27H,1,8-9,13H2,(H,24,25). The molecule has 2 aromatic carbocycles. The van der Waals surface area contributed by atoms with E-state index in [9.17, 15) is 8.42 Å². The number of halogens is 1. The summed E-state index contributed by atoms with van der Waals surface area (Å²) in [5, 5.41) is 12.2. The van der Waals surface area contributed by atoms with Crippen molar-refractivity contribution >= 4 is 15.8 Å². The van der Waals surface area contributed by atoms with Crippen molar-refractivity contribution in [3.63, 3.8) is 0 Å². The quantitative estimate of drug-likeness (QED) is 0.543. The second-order valence-electron chi connectivity index (χ2n) is 6.90. The molecule has 0 bridgehead atoms. The maximum Gasteiger partial charge on any atom is 0.262 e. The molecule has 0 fully saturated rings. The Kier molecular flexibility index (Phi) is 5.62. The summed E-state index contributed by atoms with van der Waals surface area (Å²) in [5.41, 5.74) is 1.52. The number of aliphatic hydroxyl groups is 1. The van der Waals surface area contributed by atoms with Gasteiger partial charge in [-0.3, -0.25) is 4.72 Å². The molecule has 0 spiro atoms. The Hall–Kier alpha value is -3.43. The predicted octanol–water partition coefficient (Wildman–Crippen LogP) is 3.14. The Balaban J connectivity index is 1.72. The van der Waals surface area contributed by atoms with Crippen molar-refractivity contribution in [2.24, 2.45) is 0 Å². The molecule has 7 nitrogen and oxygen atoms in total. The highest BCUT2D eigenvalue weighted by atomic mass is 32.2. The van der Waals surface area contributed by atoms with Crippen LogP contribution in [0.2, 0.25) is 0 Å². The molecule has 4 rings (SSSR count). The Morgan fingerprint density at radius 2 is 2.00 bits per heavy atom. The minimum atomic E-state index is -4.00. The lowest BCUT2D eigenvalue weighted by molar-refractivity contribution is 0.321. The van der Waals surface area contributed by atoms with Gasteiger partial charge in [0.2, 0.25) is 0 Å². The van der Waals surface area contributed by atoms with Gasteiger partial charge in [-0.05, 0) is 23.8 Å². The molecule has 160 valence electrons. The number of fused-ring (bicyclic) bond motifs is 1. The number of nitrogens with zero attached hydrogens (tertiary/aromatic N) is 1. The summed E-state index contributed by atoms with van der Waals surface area (Å²) in [7, 11) is -4.00. The van der Waals surface area contributed by atoms with Crippen LogP contribution in [-0.2, 0) is 10.0 Å². The van der Waals surface area contributed by atoms with Gasteiger partial charge in [0, 0.05) is 28.6 Å². The van der Waals surface area contributed by atoms with E-state index in [1.54, 1.807) is 42.6 Å². The fourth-order valence-electron chi connectivity index (χ4n) is 3.30. The predicted molar refractivity (Wildman–Crippen MR) is 116 cm³/mol. The van der Waals surface area contributed by atoms with Gasteiger partial charge in [-0.1, -0.05) is 36.9 Å². The lowest BCUT2D eigenvalue weighted by Gasteiger charge is -2.18. The SMILES string of the molecule is C=C(CO)NS(=O)(=O)c1ccccc1-c1ccc(-c2cnc3c(c2)OCCN3)c(F)c1. The number of aliphatic hydroxyl groups excluding tert-OH is 1. The van der Waals surface area contributed by atoms with E-state index < -0.39 is 22.4 Å². The van der Waals surface area contributed by atoms with E-state index in [2.05, 4.69) is 21.6 Å². The third-order valence-corrected chi connectivity index (χ3v) is 6.23. The number of aromatic nitrogens is 1. The summed E-state index contributed by atoms with van der Waals surface area (Å²) in [4.78, 5) is 4.23. The van der Waals surface area contributed by atoms with Crippen molar-refractivity contribution in [2.45, 2.75) is 4.90 Å². The Labute approximate surface area is 179 Å². The zero-order chi connectivity index (χ0) is 22.0. The number of nitrogens with one attached hydrogen (secondary N) is 2. The van der Waals surface area contributed by atoms with Crippen LogP contribution in [0.15, 0.2) is 71.9 Å². The highest BCUT2D eigenvalue weighted by Gasteiger charge is 2.21. The number of pyridine rings is 1. The summed E-state index contributed by atoms with van der Waals surface area (Å²) in [6, 6.07) is 12.4. The molecule has 0 amide bonds. The van der Waals surface area contributed by atoms with E-state index in [0.717, 1.165) is 0 Å². The van der Waals surface area contributed by atoms with Crippen molar-refractivity contribution in [3.05, 3.63) is 72.8 Å². The van der Waals surface area contributed by atoms with Crippen LogP contribution < -0.4 is 14.8 Å². The summed E-state index contributed by atoms with van der Waals surface area (Å²) in [6.07, 6.45) is 1.56. The third kappa shape index (κ3) is 4.23. The van der Waals surface area contributed by atoms with Crippen molar-refractivity contribution in [1.29, 1.82) is 0 Å². The van der Waals surface area contributed by atoms with Gasteiger partial charge in [0.05, 0.1) is 18.0 Å². The summed E-state index contributed by atoms with van der Waals surface area (Å²) >= 11 is 0. The van der Waals surface area contributed by atoms with Crippen LogP contribution in [0.4, 0.5) is 10.2 Å². The van der Waals surface area contributed by atoms with Crippen LogP contribution in [0.1, 0.15) is 0 Å². The molecule has 1 aliphatic rings. The van der Waals surface area contributed by atoms with Gasteiger partial charge in [-0.15, -0.1) is 0 Å². The summed E-state index contributed by atoms with van der Waals surface area (Å²) < 4.78 is 48.2. The molecule has 1 aliphatic heterocycles. The first kappa shape index (κ1) is 20.8. The fraction of sp³-hybridized carbons (Fsp3) is 0.136. The second kappa shape index (κ2) is 8.37. The zero-order valence-corrected chi connectivity index (χ0v) is 17.2. The van der Waals surface area contributed by atoms with Gasteiger partial charge >= 0.3 is 0 Å². The van der Waals surface area contributed by atoms with Crippen molar-refractivity contribution < 1.29 is 22.7 Å². The van der Waals surface area contributed by atoms with E-state index in [0.29, 0.717) is 47.0 Å². The normalized spacial score (nSPS) is 13.0. The van der Waals surface area contributed by atoms with E-state index in [1.807, 2.05) is 0 Å². The molecule has 9 heteroatoms. The number of sulfonamides is 1. The van der Waals surface area contributed by atoms with Gasteiger partial charge < -0.3 is 15.2 Å². The molecule has 0 aliphatic carbocycles. The van der Waals surface area contributed by atoms with Gasteiger partial charge in [0.15, 0.2) is 11.6 Å². The molecule has 31 heavy (non-hydrogen) atoms. The van der Waals surface area contributed by atoms with E-state index >= 15 is 4.39 Å². The van der Waals surface area contributed by atoms with Crippen LogP contribution in [0.5, 0.6) is 5.75 Å². The minimum absolute atomic E-state index is 0.0494. The maximum atomic E-state index is 15.1. The minimum Gasteiger partial charge on any atom is -0.488 e. The van der Waals surface area contributed by atoms with Crippen LogP contribution in [0, 0.1) is 5.82 Å². The van der Waals surface area contributed by atoms with Gasteiger partial charge in [0.1, 0.15) is 12.4 Å². The molecule has 3 aromatic rings. The smallest absolute Gasteiger partial charge is 0.262 e. The van der Waals surface area contributed by atoms with Crippen molar-refractivity contribution in [3.8, 4) is 28.0 Å². The van der Waals surface area contributed by atoms with E-state index in [-0.39, 0.29) is 10.6 Å². The Morgan fingerprint density at radius 3 is 2.77 bits per heavy atom. The molecule has 0 unspecified atom stereocenters. The highest BCUT2D eigenvalue weighted by molar-refractivity contribution is 7.89. The first-order chi connectivity index (χ1) is 14.9. The van der Waals surface area contributed by atoms with E-state index in [4.69, 9.17) is 9.84 Å². The zero-order valence-electron chi connectivity index (χ0n) is 16.4. The maximum absolute atomic E-state index is 15.1. The average molecular weight is 441 g/mol. The van der Waals surface area contributed by atoms with Crippen molar-refractivity contribution in [1.82, 2.24) is 9.71 Å². The van der Waals surface area contributed by atoms with E-state index in [1.165, 1.54) is 12.1 Å². The summed E-state index contributed by atoms with van der Waals surface area (Å²) in [6.45, 7) is 4.09. The first-order valence-electron chi connectivity index (χ1n) is 9.46. The Bertz CT molecular complexity index is 1260. The Morgan fingerprint density at radius 1 is 1.19 bits per heavy atom. The van der Waals surface area contributed by atoms with Gasteiger partial charge in [0.25, 0.3) is 10.0 Å². The summed E-state index contributed by atoms with van der Waals surface area (Å²) in [5.74, 6) is 0.643. The molecule has 0 saturated heterocycles. The van der Waals surface area contributed by atoms with Crippen LogP contribution in [-0.4, -0.2) is 38.3 Å². The molecule has 2 heterocycles. The van der Waals surface area contributed by atoms with Crippen molar-refractivity contribution in [2.75, 3.05) is 25.1 Å². The number of benzene rings is 2. The molecular formula is C22H20FN3O4S. The lowest BCUT2D eigenvalue weighted by Crippen LogP contribution is -2.24. The average Bonchev–Trinajstić information content (AvgIpc) is 2.78. The molecular weight excluding hydrogens is 421 g/mol. The third-order valence-electron chi connectivity index (χ3n) is 4.74. The molecule has 1 aromatic heterocycles. The van der Waals surface area contributed by atoms with Crippen LogP contribution in [0.3, 0.4) is 0 Å². The molecule has 0 radical (unpaired) electrons. The second-order valence-corrected chi connectivity index (χ2v) is 8.55. The molecule has 0 saturated carbocycles. The number of rotatable bonds is 6. The number of hydrogen-bond donors (Lipinski definition) is 3. The molecule has 0 atom stereocenters. The lowest BCUT2D eigenvalue weighted by atomic mass is 10.0. The first-order valence-corrected chi connectivity index (χ1v) is 10.9. The number of anilines is 1. The highest BCUT2D eigenvalue weighted by Crippen LogP contribution is 2.34. The number of hydrogen-bond acceptors (Lipinski definition) is 6. The monoisotopic (exact) mass is 441 g/mol. The topological polar surface area (TPSA) is 101 Å². The van der Waals surface area contributed by atoms with Gasteiger partial charge in [-0.25, -0.2) is 17.8 Å². The fourth-order valence-corrected chi connectivity index (χ4v) is 4.59. The van der Waals surface area contributed by atoms with Crippen LogP contribution in [0.25, 0.3) is 22.3 Å². The largest absolute Gasteiger partial charge is 0.488 e. The van der Waals surface area contributed by atoms with Crippen LogP contribution >= 0.6 is 0 Å².